The van der Waals surface area contributed by atoms with Crippen LogP contribution in [-0.2, 0) is 12.8 Å². The maximum atomic E-state index is 5.76. The molecule has 0 fully saturated rings. The third-order valence-corrected chi connectivity index (χ3v) is 4.53. The standard InChI is InChI=1S/C13H15BrN2S/c1-3-11-12(17-13(15)16-11)7-9-4-5-10(14)8(2)6-9/h4-6H,3,7H2,1-2H3,(H2,15,16). The second kappa shape index (κ2) is 5.19. The number of aryl methyl sites for hydroxylation is 2. The topological polar surface area (TPSA) is 38.9 Å². The Labute approximate surface area is 114 Å². The summed E-state index contributed by atoms with van der Waals surface area (Å²) >= 11 is 5.12. The number of anilines is 1. The van der Waals surface area contributed by atoms with Gasteiger partial charge in [-0.25, -0.2) is 4.98 Å². The van der Waals surface area contributed by atoms with Gasteiger partial charge in [0, 0.05) is 15.8 Å². The molecule has 0 spiro atoms. The molecule has 0 atom stereocenters. The van der Waals surface area contributed by atoms with Gasteiger partial charge in [0.2, 0.25) is 0 Å². The van der Waals surface area contributed by atoms with E-state index in [4.69, 9.17) is 5.73 Å². The summed E-state index contributed by atoms with van der Waals surface area (Å²) in [5, 5.41) is 0.672. The third-order valence-electron chi connectivity index (χ3n) is 2.72. The van der Waals surface area contributed by atoms with Gasteiger partial charge < -0.3 is 5.73 Å². The van der Waals surface area contributed by atoms with Gasteiger partial charge in [-0.3, -0.25) is 0 Å². The van der Waals surface area contributed by atoms with Crippen molar-refractivity contribution < 1.29 is 0 Å². The molecule has 0 aliphatic carbocycles. The highest BCUT2D eigenvalue weighted by Gasteiger charge is 2.09. The monoisotopic (exact) mass is 310 g/mol. The molecule has 4 heteroatoms. The molecule has 0 bridgehead atoms. The Morgan fingerprint density at radius 1 is 1.41 bits per heavy atom. The van der Waals surface area contributed by atoms with Gasteiger partial charge >= 0.3 is 0 Å². The third kappa shape index (κ3) is 2.87. The molecule has 1 aromatic heterocycles. The Kier molecular flexibility index (Phi) is 3.84. The number of hydrogen-bond acceptors (Lipinski definition) is 3. The molecule has 2 nitrogen and oxygen atoms in total. The van der Waals surface area contributed by atoms with Gasteiger partial charge in [-0.05, 0) is 30.5 Å². The van der Waals surface area contributed by atoms with Crippen LogP contribution in [0.4, 0.5) is 5.13 Å². The largest absolute Gasteiger partial charge is 0.375 e. The number of nitrogens with zero attached hydrogens (tertiary/aromatic N) is 1. The smallest absolute Gasteiger partial charge is 0.180 e. The molecule has 1 heterocycles. The first-order valence-corrected chi connectivity index (χ1v) is 7.20. The first-order chi connectivity index (χ1) is 8.10. The molecule has 0 aliphatic rings. The van der Waals surface area contributed by atoms with Crippen molar-refractivity contribution in [3.8, 4) is 0 Å². The predicted molar refractivity (Wildman–Crippen MR) is 77.6 cm³/mol. The number of nitrogens with two attached hydrogens (primary N) is 1. The lowest BCUT2D eigenvalue weighted by Crippen LogP contribution is -1.92. The number of nitrogen functional groups attached to an aromatic ring is 1. The Morgan fingerprint density at radius 3 is 2.82 bits per heavy atom. The molecule has 2 rings (SSSR count). The van der Waals surface area contributed by atoms with E-state index in [9.17, 15) is 0 Å². The average molecular weight is 311 g/mol. The number of benzene rings is 1. The lowest BCUT2D eigenvalue weighted by atomic mass is 10.1. The van der Waals surface area contributed by atoms with Crippen LogP contribution < -0.4 is 5.73 Å². The minimum Gasteiger partial charge on any atom is -0.375 e. The molecule has 2 aromatic rings. The average Bonchev–Trinajstić information content (AvgIpc) is 2.64. The molecule has 0 saturated carbocycles. The normalized spacial score (nSPS) is 10.8. The first-order valence-electron chi connectivity index (χ1n) is 5.59. The molecule has 2 N–H and O–H groups in total. The molecule has 0 saturated heterocycles. The number of thiazole rings is 1. The van der Waals surface area contributed by atoms with Crippen LogP contribution in [0.2, 0.25) is 0 Å². The van der Waals surface area contributed by atoms with Gasteiger partial charge in [0.1, 0.15) is 0 Å². The van der Waals surface area contributed by atoms with Gasteiger partial charge in [-0.15, -0.1) is 11.3 Å². The Balaban J connectivity index is 2.27. The molecule has 0 amide bonds. The van der Waals surface area contributed by atoms with Gasteiger partial charge in [-0.2, -0.15) is 0 Å². The molecular formula is C13H15BrN2S. The molecule has 0 radical (unpaired) electrons. The fourth-order valence-electron chi connectivity index (χ4n) is 1.82. The molecular weight excluding hydrogens is 296 g/mol. The molecule has 0 aliphatic heterocycles. The predicted octanol–water partition coefficient (Wildman–Crippen LogP) is 3.95. The quantitative estimate of drug-likeness (QED) is 0.932. The number of aromatic nitrogens is 1. The van der Waals surface area contributed by atoms with Crippen molar-refractivity contribution in [3.63, 3.8) is 0 Å². The fraction of sp³-hybridized carbons (Fsp3) is 0.308. The van der Waals surface area contributed by atoms with E-state index in [1.165, 1.54) is 16.0 Å². The van der Waals surface area contributed by atoms with E-state index in [1.807, 2.05) is 0 Å². The molecule has 17 heavy (non-hydrogen) atoms. The maximum Gasteiger partial charge on any atom is 0.180 e. The van der Waals surface area contributed by atoms with Gasteiger partial charge in [0.25, 0.3) is 0 Å². The minimum atomic E-state index is 0.672. The lowest BCUT2D eigenvalue weighted by Gasteiger charge is -2.04. The van der Waals surface area contributed by atoms with Crippen LogP contribution in [0.1, 0.15) is 28.6 Å². The van der Waals surface area contributed by atoms with E-state index < -0.39 is 0 Å². The van der Waals surface area contributed by atoms with Crippen molar-refractivity contribution in [2.45, 2.75) is 26.7 Å². The molecule has 1 aromatic carbocycles. The highest BCUT2D eigenvalue weighted by atomic mass is 79.9. The van der Waals surface area contributed by atoms with E-state index in [1.54, 1.807) is 11.3 Å². The summed E-state index contributed by atoms with van der Waals surface area (Å²) < 4.78 is 1.15. The van der Waals surface area contributed by atoms with E-state index in [0.29, 0.717) is 5.13 Å². The molecule has 90 valence electrons. The fourth-order valence-corrected chi connectivity index (χ4v) is 3.02. The van der Waals surface area contributed by atoms with Gasteiger partial charge in [0.15, 0.2) is 5.13 Å². The number of rotatable bonds is 3. The van der Waals surface area contributed by atoms with Crippen LogP contribution in [0.3, 0.4) is 0 Å². The highest BCUT2D eigenvalue weighted by molar-refractivity contribution is 9.10. The van der Waals surface area contributed by atoms with Crippen LogP contribution in [0.25, 0.3) is 0 Å². The lowest BCUT2D eigenvalue weighted by molar-refractivity contribution is 1.02. The minimum absolute atomic E-state index is 0.672. The Bertz CT molecular complexity index is 534. The van der Waals surface area contributed by atoms with Crippen molar-refractivity contribution in [1.82, 2.24) is 4.98 Å². The number of hydrogen-bond donors (Lipinski definition) is 1. The van der Waals surface area contributed by atoms with Gasteiger partial charge in [0.05, 0.1) is 5.69 Å². The second-order valence-corrected chi connectivity index (χ2v) is 6.01. The van der Waals surface area contributed by atoms with Crippen LogP contribution in [0, 0.1) is 6.92 Å². The van der Waals surface area contributed by atoms with E-state index in [2.05, 4.69) is 53.0 Å². The summed E-state index contributed by atoms with van der Waals surface area (Å²) in [6, 6.07) is 6.45. The summed E-state index contributed by atoms with van der Waals surface area (Å²) in [6.07, 6.45) is 1.87. The van der Waals surface area contributed by atoms with Crippen molar-refractivity contribution in [3.05, 3.63) is 44.4 Å². The van der Waals surface area contributed by atoms with Crippen LogP contribution in [-0.4, -0.2) is 4.98 Å². The van der Waals surface area contributed by atoms with Crippen LogP contribution >= 0.6 is 27.3 Å². The summed E-state index contributed by atoms with van der Waals surface area (Å²) in [5.74, 6) is 0. The SMILES string of the molecule is CCc1nc(N)sc1Cc1ccc(Br)c(C)c1. The summed E-state index contributed by atoms with van der Waals surface area (Å²) in [5.41, 5.74) is 9.47. The van der Waals surface area contributed by atoms with E-state index >= 15 is 0 Å². The zero-order valence-electron chi connectivity index (χ0n) is 9.96. The highest BCUT2D eigenvalue weighted by Crippen LogP contribution is 2.25. The van der Waals surface area contributed by atoms with E-state index in [-0.39, 0.29) is 0 Å². The van der Waals surface area contributed by atoms with Crippen LogP contribution in [0.15, 0.2) is 22.7 Å². The summed E-state index contributed by atoms with van der Waals surface area (Å²) in [7, 11) is 0. The van der Waals surface area contributed by atoms with Crippen molar-refractivity contribution in [2.75, 3.05) is 5.73 Å². The summed E-state index contributed by atoms with van der Waals surface area (Å²) in [6.45, 7) is 4.22. The van der Waals surface area contributed by atoms with Crippen LogP contribution in [0.5, 0.6) is 0 Å². The van der Waals surface area contributed by atoms with Crippen molar-refractivity contribution in [1.29, 1.82) is 0 Å². The second-order valence-electron chi connectivity index (χ2n) is 4.04. The van der Waals surface area contributed by atoms with Crippen molar-refractivity contribution >= 4 is 32.4 Å². The zero-order chi connectivity index (χ0) is 12.4. The first kappa shape index (κ1) is 12.6. The Hall–Kier alpha value is -0.870. The maximum absolute atomic E-state index is 5.76. The van der Waals surface area contributed by atoms with Gasteiger partial charge in [-0.1, -0.05) is 35.0 Å². The number of halogens is 1. The Morgan fingerprint density at radius 2 is 2.18 bits per heavy atom. The van der Waals surface area contributed by atoms with E-state index in [0.717, 1.165) is 23.0 Å². The summed E-state index contributed by atoms with van der Waals surface area (Å²) in [4.78, 5) is 5.64. The van der Waals surface area contributed by atoms with Crippen molar-refractivity contribution in [2.24, 2.45) is 0 Å². The zero-order valence-corrected chi connectivity index (χ0v) is 12.4. The molecule has 0 unspecified atom stereocenters.